The average Bonchev–Trinajstić information content (AvgIpc) is 3.75. The molecular weight excluding hydrogens is 667 g/mol. The number of anilines is 4. The molecule has 4 aromatic carbocycles. The maximum Gasteiger partial charge on any atom is 0.343 e. The lowest BCUT2D eigenvalue weighted by molar-refractivity contribution is 0.0601. The number of nitrogens with zero attached hydrogens (tertiary/aromatic N) is 6. The highest BCUT2D eigenvalue weighted by Gasteiger charge is 2.19. The lowest BCUT2D eigenvalue weighted by atomic mass is 10.2. The molecule has 0 radical (unpaired) electrons. The Kier molecular flexibility index (Phi) is 8.39. The summed E-state index contributed by atoms with van der Waals surface area (Å²) in [5.41, 5.74) is 4.03. The lowest BCUT2D eigenvalue weighted by Gasteiger charge is -2.11. The summed E-state index contributed by atoms with van der Waals surface area (Å²) >= 11 is 12.4. The summed E-state index contributed by atoms with van der Waals surface area (Å²) in [6.45, 7) is 0. The first kappa shape index (κ1) is 31.4. The minimum atomic E-state index is -1.07. The largest absolute Gasteiger partial charge is 0.477 e. The van der Waals surface area contributed by atoms with E-state index in [-0.39, 0.29) is 11.2 Å². The highest BCUT2D eigenvalue weighted by Crippen LogP contribution is 2.31. The zero-order valence-corrected chi connectivity index (χ0v) is 27.0. The number of ether oxygens (including phenoxy) is 1. The van der Waals surface area contributed by atoms with Crippen LogP contribution in [0.15, 0.2) is 109 Å². The highest BCUT2D eigenvalue weighted by atomic mass is 35.5. The molecule has 0 atom stereocenters. The number of carboxylic acid groups (broad SMARTS) is 1. The van der Waals surface area contributed by atoms with E-state index in [1.54, 1.807) is 16.6 Å². The molecule has 0 saturated carbocycles. The smallest absolute Gasteiger partial charge is 0.343 e. The molecule has 0 aliphatic carbocycles. The van der Waals surface area contributed by atoms with Crippen LogP contribution in [0.4, 0.5) is 23.0 Å². The summed E-state index contributed by atoms with van der Waals surface area (Å²) in [7, 11) is 1.33. The number of fused-ring (bicyclic) bond motifs is 6. The monoisotopic (exact) mass is 690 g/mol. The molecule has 0 unspecified atom stereocenters. The predicted octanol–water partition coefficient (Wildman–Crippen LogP) is 8.04. The number of nitrogens with one attached hydrogen (secondary N) is 2. The Labute approximate surface area is 287 Å². The molecule has 8 rings (SSSR count). The molecule has 3 N–H and O–H groups in total. The fourth-order valence-electron chi connectivity index (χ4n) is 5.28. The zero-order chi connectivity index (χ0) is 34.1. The Morgan fingerprint density at radius 1 is 0.653 bits per heavy atom. The summed E-state index contributed by atoms with van der Waals surface area (Å²) in [5.74, 6) is -0.450. The summed E-state index contributed by atoms with van der Waals surface area (Å²) in [6, 6.07) is 29.9. The van der Waals surface area contributed by atoms with Gasteiger partial charge in [-0.1, -0.05) is 71.7 Å². The number of esters is 1. The number of benzene rings is 4. The second-order valence-electron chi connectivity index (χ2n) is 10.5. The fraction of sp³-hybridized carbons (Fsp3) is 0.0286. The number of hydrogen-bond acceptors (Lipinski definition) is 9. The first-order chi connectivity index (χ1) is 23.8. The lowest BCUT2D eigenvalue weighted by Crippen LogP contribution is -2.04. The molecule has 0 aliphatic heterocycles. The van der Waals surface area contributed by atoms with Gasteiger partial charge in [-0.2, -0.15) is 10.2 Å². The third-order valence-corrected chi connectivity index (χ3v) is 8.25. The molecule has 0 aliphatic rings. The average molecular weight is 692 g/mol. The van der Waals surface area contributed by atoms with E-state index in [2.05, 4.69) is 30.8 Å². The van der Waals surface area contributed by atoms with Crippen LogP contribution in [0.25, 0.3) is 33.1 Å². The van der Waals surface area contributed by atoms with E-state index in [1.165, 1.54) is 24.0 Å². The number of rotatable bonds is 6. The third-order valence-electron chi connectivity index (χ3n) is 7.59. The van der Waals surface area contributed by atoms with E-state index in [1.807, 2.05) is 84.9 Å². The molecule has 0 bridgehead atoms. The molecule has 14 heteroatoms. The van der Waals surface area contributed by atoms with Crippen molar-refractivity contribution in [3.05, 3.63) is 131 Å². The number of carbonyl (C=O) groups excluding carboxylic acids is 1. The standard InChI is InChI=1S/C18H13ClN4O2.C17H11ClN4O2/c1-25-18(24)12-10-20-23-15-9-5-2-6-11(15)16(22-17(12)23)21-14-8-4-3-7-13(14)19;18-12-6-2-3-7-13(12)20-15-10-5-1-4-8-14(10)22-16(21-15)11(9-19-22)17(23)24/h2-10H,1H3,(H,21,22);1-9H,(H,20,21)(H,23,24). The van der Waals surface area contributed by atoms with Crippen LogP contribution in [-0.2, 0) is 4.74 Å². The van der Waals surface area contributed by atoms with Gasteiger partial charge in [0.05, 0.1) is 52.0 Å². The van der Waals surface area contributed by atoms with Gasteiger partial charge in [-0.3, -0.25) is 0 Å². The summed E-state index contributed by atoms with van der Waals surface area (Å²) < 4.78 is 7.97. The topological polar surface area (TPSA) is 148 Å². The SMILES string of the molecule is COC(=O)c1cnn2c1nc(Nc1ccccc1Cl)c1ccccc12.O=C(O)c1cnn2c1nc(Nc1ccccc1Cl)c1ccccc12. The molecule has 4 aromatic heterocycles. The number of halogens is 2. The van der Waals surface area contributed by atoms with Crippen LogP contribution in [0.3, 0.4) is 0 Å². The van der Waals surface area contributed by atoms with Crippen molar-refractivity contribution >= 4 is 91.3 Å². The van der Waals surface area contributed by atoms with Crippen LogP contribution in [0, 0.1) is 0 Å². The van der Waals surface area contributed by atoms with E-state index >= 15 is 0 Å². The molecule has 0 amide bonds. The van der Waals surface area contributed by atoms with E-state index in [0.29, 0.717) is 38.6 Å². The van der Waals surface area contributed by atoms with E-state index in [9.17, 15) is 14.7 Å². The molecule has 12 nitrogen and oxygen atoms in total. The second kappa shape index (κ2) is 13.1. The first-order valence-corrected chi connectivity index (χ1v) is 15.5. The Bertz CT molecular complexity index is 2550. The highest BCUT2D eigenvalue weighted by molar-refractivity contribution is 6.33. The van der Waals surface area contributed by atoms with E-state index in [4.69, 9.17) is 27.9 Å². The fourth-order valence-corrected chi connectivity index (χ4v) is 5.64. The molecule has 0 saturated heterocycles. The van der Waals surface area contributed by atoms with Crippen LogP contribution >= 0.6 is 23.2 Å². The summed E-state index contributed by atoms with van der Waals surface area (Å²) in [6.07, 6.45) is 2.76. The number of methoxy groups -OCH3 is 1. The van der Waals surface area contributed by atoms with Gasteiger partial charge in [0.1, 0.15) is 22.8 Å². The van der Waals surface area contributed by atoms with Gasteiger partial charge in [0.25, 0.3) is 0 Å². The number of para-hydroxylation sites is 4. The minimum Gasteiger partial charge on any atom is -0.477 e. The quantitative estimate of drug-likeness (QED) is 0.146. The molecule has 4 heterocycles. The van der Waals surface area contributed by atoms with Crippen molar-refractivity contribution in [2.45, 2.75) is 0 Å². The van der Waals surface area contributed by atoms with Gasteiger partial charge in [-0.25, -0.2) is 28.6 Å². The van der Waals surface area contributed by atoms with Gasteiger partial charge in [0.2, 0.25) is 0 Å². The zero-order valence-electron chi connectivity index (χ0n) is 25.5. The van der Waals surface area contributed by atoms with Crippen molar-refractivity contribution in [3.8, 4) is 0 Å². The normalized spacial score (nSPS) is 11.0. The van der Waals surface area contributed by atoms with Crippen LogP contribution in [0.1, 0.15) is 20.7 Å². The molecule has 242 valence electrons. The number of aromatic nitrogens is 6. The van der Waals surface area contributed by atoms with Gasteiger partial charge in [0.15, 0.2) is 11.3 Å². The van der Waals surface area contributed by atoms with E-state index < -0.39 is 11.9 Å². The molecule has 8 aromatic rings. The van der Waals surface area contributed by atoms with Crippen molar-refractivity contribution in [3.63, 3.8) is 0 Å². The van der Waals surface area contributed by atoms with Gasteiger partial charge < -0.3 is 20.5 Å². The van der Waals surface area contributed by atoms with Gasteiger partial charge in [-0.05, 0) is 48.5 Å². The molecular formula is C35H24Cl2N8O4. The second-order valence-corrected chi connectivity index (χ2v) is 11.4. The molecule has 0 fully saturated rings. The van der Waals surface area contributed by atoms with Crippen molar-refractivity contribution in [1.29, 1.82) is 0 Å². The maximum atomic E-state index is 12.0. The Morgan fingerprint density at radius 3 is 1.55 bits per heavy atom. The third kappa shape index (κ3) is 5.90. The summed E-state index contributed by atoms with van der Waals surface area (Å²) in [4.78, 5) is 32.5. The van der Waals surface area contributed by atoms with Crippen LogP contribution in [-0.4, -0.2) is 53.4 Å². The Morgan fingerprint density at radius 2 is 1.08 bits per heavy atom. The molecule has 0 spiro atoms. The van der Waals surface area contributed by atoms with Crippen molar-refractivity contribution in [2.75, 3.05) is 17.7 Å². The first-order valence-electron chi connectivity index (χ1n) is 14.7. The van der Waals surface area contributed by atoms with Crippen LogP contribution in [0.2, 0.25) is 10.0 Å². The van der Waals surface area contributed by atoms with Gasteiger partial charge >= 0.3 is 11.9 Å². The predicted molar refractivity (Wildman–Crippen MR) is 189 cm³/mol. The van der Waals surface area contributed by atoms with E-state index in [0.717, 1.165) is 27.5 Å². The van der Waals surface area contributed by atoms with Crippen molar-refractivity contribution in [1.82, 2.24) is 29.2 Å². The van der Waals surface area contributed by atoms with Gasteiger partial charge in [0, 0.05) is 10.8 Å². The number of aromatic carboxylic acids is 1. The maximum absolute atomic E-state index is 12.0. The summed E-state index contributed by atoms with van der Waals surface area (Å²) in [5, 5.41) is 27.0. The number of carboxylic acids is 1. The van der Waals surface area contributed by atoms with Crippen molar-refractivity contribution in [2.24, 2.45) is 0 Å². The number of hydrogen-bond donors (Lipinski definition) is 3. The van der Waals surface area contributed by atoms with Crippen LogP contribution in [0.5, 0.6) is 0 Å². The Hall–Kier alpha value is -6.24. The molecule has 49 heavy (non-hydrogen) atoms. The van der Waals surface area contributed by atoms with Crippen LogP contribution < -0.4 is 10.6 Å². The minimum absolute atomic E-state index is 0.0444. The Balaban J connectivity index is 0.000000154. The van der Waals surface area contributed by atoms with Gasteiger partial charge in [-0.15, -0.1) is 0 Å². The van der Waals surface area contributed by atoms with Crippen molar-refractivity contribution < 1.29 is 19.4 Å². The number of carbonyl (C=O) groups is 2.